The first kappa shape index (κ1) is 21.6. The highest BCUT2D eigenvalue weighted by atomic mass is 35.5. The minimum atomic E-state index is -0.477. The van der Waals surface area contributed by atoms with Gasteiger partial charge < -0.3 is 5.32 Å². The van der Waals surface area contributed by atoms with Crippen molar-refractivity contribution in [2.24, 2.45) is 0 Å². The van der Waals surface area contributed by atoms with Gasteiger partial charge in [-0.1, -0.05) is 52.6 Å². The van der Waals surface area contributed by atoms with Crippen molar-refractivity contribution in [2.75, 3.05) is 5.32 Å². The van der Waals surface area contributed by atoms with Gasteiger partial charge in [0, 0.05) is 23.3 Å². The molecule has 2 heterocycles. The number of hydrogen-bond donors (Lipinski definition) is 1. The van der Waals surface area contributed by atoms with Crippen molar-refractivity contribution in [3.63, 3.8) is 0 Å². The molecule has 0 saturated heterocycles. The van der Waals surface area contributed by atoms with Crippen LogP contribution in [0, 0.1) is 0 Å². The van der Waals surface area contributed by atoms with Gasteiger partial charge in [0.2, 0.25) is 5.91 Å². The van der Waals surface area contributed by atoms with Gasteiger partial charge in [-0.15, -0.1) is 16.8 Å². The Kier molecular flexibility index (Phi) is 7.18. The predicted molar refractivity (Wildman–Crippen MR) is 119 cm³/mol. The van der Waals surface area contributed by atoms with Gasteiger partial charge in [-0.3, -0.25) is 9.36 Å². The molecule has 1 atom stereocenters. The number of benzene rings is 1. The highest BCUT2D eigenvalue weighted by Crippen LogP contribution is 2.29. The fourth-order valence-corrected chi connectivity index (χ4v) is 3.83. The Labute approximate surface area is 187 Å². The molecule has 1 unspecified atom stereocenters. The van der Waals surface area contributed by atoms with E-state index in [1.807, 2.05) is 16.7 Å². The van der Waals surface area contributed by atoms with Crippen molar-refractivity contribution in [1.29, 1.82) is 0 Å². The van der Waals surface area contributed by atoms with Crippen LogP contribution in [0.1, 0.15) is 6.92 Å². The molecular formula is C19H16Cl3N5OS. The summed E-state index contributed by atoms with van der Waals surface area (Å²) in [6, 6.07) is 8.82. The van der Waals surface area contributed by atoms with E-state index in [-0.39, 0.29) is 16.7 Å². The average Bonchev–Trinajstić information content (AvgIpc) is 3.07. The number of amides is 1. The molecule has 3 rings (SSSR count). The van der Waals surface area contributed by atoms with E-state index in [9.17, 15) is 4.79 Å². The van der Waals surface area contributed by atoms with E-state index in [2.05, 4.69) is 27.1 Å². The Morgan fingerprint density at radius 2 is 1.97 bits per heavy atom. The zero-order valence-electron chi connectivity index (χ0n) is 15.3. The number of thioether (sulfide) groups is 1. The molecule has 0 aliphatic rings. The number of aromatic nitrogens is 4. The number of halogens is 3. The Morgan fingerprint density at radius 1 is 1.24 bits per heavy atom. The lowest BCUT2D eigenvalue weighted by atomic mass is 10.2. The van der Waals surface area contributed by atoms with Gasteiger partial charge >= 0.3 is 0 Å². The Morgan fingerprint density at radius 3 is 2.62 bits per heavy atom. The molecule has 1 amide bonds. The number of hydrogen-bond acceptors (Lipinski definition) is 5. The number of nitrogens with zero attached hydrogens (tertiary/aromatic N) is 4. The summed E-state index contributed by atoms with van der Waals surface area (Å²) in [4.78, 5) is 16.6. The number of carbonyl (C=O) groups excluding carboxylic acids is 1. The minimum Gasteiger partial charge on any atom is -0.308 e. The van der Waals surface area contributed by atoms with E-state index >= 15 is 0 Å². The summed E-state index contributed by atoms with van der Waals surface area (Å²) in [5, 5.41) is 12.6. The third-order valence-electron chi connectivity index (χ3n) is 3.83. The third-order valence-corrected chi connectivity index (χ3v) is 5.66. The van der Waals surface area contributed by atoms with Crippen molar-refractivity contribution in [1.82, 2.24) is 19.7 Å². The summed E-state index contributed by atoms with van der Waals surface area (Å²) in [5.74, 6) is 0.648. The molecule has 10 heteroatoms. The lowest BCUT2D eigenvalue weighted by molar-refractivity contribution is -0.115. The first-order valence-electron chi connectivity index (χ1n) is 8.47. The topological polar surface area (TPSA) is 72.7 Å². The number of allylic oxidation sites excluding steroid dienone is 1. The molecule has 0 bridgehead atoms. The maximum absolute atomic E-state index is 12.6. The summed E-state index contributed by atoms with van der Waals surface area (Å²) in [5.41, 5.74) is 0.866. The van der Waals surface area contributed by atoms with Gasteiger partial charge in [-0.05, 0) is 37.3 Å². The maximum Gasteiger partial charge on any atom is 0.238 e. The largest absolute Gasteiger partial charge is 0.308 e. The van der Waals surface area contributed by atoms with Crippen LogP contribution in [0.4, 0.5) is 5.82 Å². The zero-order valence-corrected chi connectivity index (χ0v) is 18.4. The lowest BCUT2D eigenvalue weighted by Crippen LogP contribution is -2.23. The second kappa shape index (κ2) is 9.63. The molecule has 3 aromatic rings. The standard InChI is InChI=1S/C19H16Cl3N5OS/c1-3-8-27-17(12-4-6-13(20)7-5-12)25-26-19(27)29-11(2)18(28)24-16-15(22)9-14(21)10-23-16/h3-7,9-11H,1,8H2,2H3,(H,23,24,28). The van der Waals surface area contributed by atoms with Crippen LogP contribution in [-0.2, 0) is 11.3 Å². The number of nitrogens with one attached hydrogen (secondary N) is 1. The van der Waals surface area contributed by atoms with Crippen LogP contribution in [0.15, 0.2) is 54.3 Å². The monoisotopic (exact) mass is 467 g/mol. The minimum absolute atomic E-state index is 0.253. The fourth-order valence-electron chi connectivity index (χ4n) is 2.42. The van der Waals surface area contributed by atoms with E-state index in [1.54, 1.807) is 25.1 Å². The van der Waals surface area contributed by atoms with Crippen LogP contribution >= 0.6 is 46.6 Å². The highest BCUT2D eigenvalue weighted by molar-refractivity contribution is 8.00. The van der Waals surface area contributed by atoms with Crippen molar-refractivity contribution in [3.8, 4) is 11.4 Å². The molecule has 0 spiro atoms. The van der Waals surface area contributed by atoms with Crippen molar-refractivity contribution in [2.45, 2.75) is 23.9 Å². The van der Waals surface area contributed by atoms with E-state index in [4.69, 9.17) is 34.8 Å². The summed E-state index contributed by atoms with van der Waals surface area (Å²) in [7, 11) is 0. The molecule has 0 aliphatic heterocycles. The van der Waals surface area contributed by atoms with E-state index < -0.39 is 5.25 Å². The number of anilines is 1. The molecule has 1 aromatic carbocycles. The lowest BCUT2D eigenvalue weighted by Gasteiger charge is -2.13. The van der Waals surface area contributed by atoms with Gasteiger partial charge in [-0.25, -0.2) is 4.98 Å². The fraction of sp³-hybridized carbons (Fsp3) is 0.158. The Bertz CT molecular complexity index is 1040. The molecule has 0 aliphatic carbocycles. The highest BCUT2D eigenvalue weighted by Gasteiger charge is 2.21. The summed E-state index contributed by atoms with van der Waals surface area (Å²) >= 11 is 19.1. The van der Waals surface area contributed by atoms with Crippen LogP contribution in [-0.4, -0.2) is 30.9 Å². The van der Waals surface area contributed by atoms with Crippen LogP contribution in [0.3, 0.4) is 0 Å². The van der Waals surface area contributed by atoms with Crippen LogP contribution in [0.2, 0.25) is 15.1 Å². The zero-order chi connectivity index (χ0) is 21.0. The predicted octanol–water partition coefficient (Wildman–Crippen LogP) is 5.61. The molecule has 29 heavy (non-hydrogen) atoms. The van der Waals surface area contributed by atoms with Gasteiger partial charge in [0.15, 0.2) is 16.8 Å². The Balaban J connectivity index is 1.78. The van der Waals surface area contributed by atoms with Gasteiger partial charge in [0.1, 0.15) is 0 Å². The van der Waals surface area contributed by atoms with E-state index in [0.717, 1.165) is 5.56 Å². The molecule has 0 saturated carbocycles. The van der Waals surface area contributed by atoms with Crippen LogP contribution in [0.25, 0.3) is 11.4 Å². The molecule has 1 N–H and O–H groups in total. The van der Waals surface area contributed by atoms with E-state index in [0.29, 0.717) is 27.6 Å². The number of rotatable bonds is 7. The van der Waals surface area contributed by atoms with Crippen LogP contribution in [0.5, 0.6) is 0 Å². The second-order valence-corrected chi connectivity index (χ2v) is 8.53. The maximum atomic E-state index is 12.6. The van der Waals surface area contributed by atoms with Crippen molar-refractivity contribution in [3.05, 3.63) is 64.3 Å². The SMILES string of the molecule is C=CCn1c(SC(C)C(=O)Nc2ncc(Cl)cc2Cl)nnc1-c1ccc(Cl)cc1. The first-order valence-corrected chi connectivity index (χ1v) is 10.5. The number of pyridine rings is 1. The van der Waals surface area contributed by atoms with Crippen LogP contribution < -0.4 is 5.32 Å². The Hall–Kier alpha value is -2.06. The molecule has 2 aromatic heterocycles. The molecular weight excluding hydrogens is 453 g/mol. The molecule has 0 fully saturated rings. The summed E-state index contributed by atoms with van der Waals surface area (Å²) < 4.78 is 1.89. The molecule has 0 radical (unpaired) electrons. The molecule has 6 nitrogen and oxygen atoms in total. The summed E-state index contributed by atoms with van der Waals surface area (Å²) in [6.45, 7) is 6.05. The van der Waals surface area contributed by atoms with Gasteiger partial charge in [0.05, 0.1) is 15.3 Å². The van der Waals surface area contributed by atoms with Crippen molar-refractivity contribution < 1.29 is 4.79 Å². The smallest absolute Gasteiger partial charge is 0.238 e. The average molecular weight is 469 g/mol. The quantitative estimate of drug-likeness (QED) is 0.360. The van der Waals surface area contributed by atoms with Gasteiger partial charge in [-0.2, -0.15) is 0 Å². The summed E-state index contributed by atoms with van der Waals surface area (Å²) in [6.07, 6.45) is 3.16. The molecule has 150 valence electrons. The first-order chi connectivity index (χ1) is 13.9. The third kappa shape index (κ3) is 5.30. The van der Waals surface area contributed by atoms with Gasteiger partial charge in [0.25, 0.3) is 0 Å². The second-order valence-electron chi connectivity index (χ2n) is 5.95. The van der Waals surface area contributed by atoms with Crippen molar-refractivity contribution >= 4 is 58.3 Å². The number of carbonyl (C=O) groups is 1. The normalized spacial score (nSPS) is 11.9. The van der Waals surface area contributed by atoms with E-state index in [1.165, 1.54) is 24.0 Å².